The number of hydrogen-bond donors (Lipinski definition) is 2. The largest absolute Gasteiger partial charge is 0.374 e. The molecule has 2 rings (SSSR count). The van der Waals surface area contributed by atoms with Crippen LogP contribution in [0.5, 0.6) is 0 Å². The minimum Gasteiger partial charge on any atom is -0.374 e. The molecule has 0 radical (unpaired) electrons. The SMILES string of the molecule is CCc1ccc(NC(C)C(=O)NCCc2cccs2)cc1. The van der Waals surface area contributed by atoms with Gasteiger partial charge in [-0.25, -0.2) is 0 Å². The van der Waals surface area contributed by atoms with Gasteiger partial charge in [-0.1, -0.05) is 25.1 Å². The number of nitrogens with one attached hydrogen (secondary N) is 2. The monoisotopic (exact) mass is 302 g/mol. The smallest absolute Gasteiger partial charge is 0.242 e. The van der Waals surface area contributed by atoms with Gasteiger partial charge in [0.1, 0.15) is 6.04 Å². The molecule has 0 aliphatic heterocycles. The fraction of sp³-hybridized carbons (Fsp3) is 0.353. The molecule has 21 heavy (non-hydrogen) atoms. The molecule has 1 unspecified atom stereocenters. The molecule has 0 aliphatic rings. The summed E-state index contributed by atoms with van der Waals surface area (Å²) in [5.74, 6) is 0.0334. The van der Waals surface area contributed by atoms with Crippen LogP contribution in [0.1, 0.15) is 24.3 Å². The van der Waals surface area contributed by atoms with Crippen molar-refractivity contribution >= 4 is 22.9 Å². The molecule has 0 aliphatic carbocycles. The Morgan fingerprint density at radius 2 is 2.00 bits per heavy atom. The van der Waals surface area contributed by atoms with Gasteiger partial charge < -0.3 is 10.6 Å². The molecule has 1 amide bonds. The maximum absolute atomic E-state index is 12.0. The summed E-state index contributed by atoms with van der Waals surface area (Å²) in [7, 11) is 0. The second kappa shape index (κ2) is 7.84. The van der Waals surface area contributed by atoms with Crippen LogP contribution in [0.3, 0.4) is 0 Å². The molecule has 1 heterocycles. The number of thiophene rings is 1. The highest BCUT2D eigenvalue weighted by Gasteiger charge is 2.11. The zero-order valence-electron chi connectivity index (χ0n) is 12.6. The van der Waals surface area contributed by atoms with E-state index in [1.165, 1.54) is 10.4 Å². The van der Waals surface area contributed by atoms with Gasteiger partial charge in [0.25, 0.3) is 0 Å². The van der Waals surface area contributed by atoms with E-state index in [2.05, 4.69) is 41.1 Å². The van der Waals surface area contributed by atoms with E-state index in [1.807, 2.05) is 25.1 Å². The highest BCUT2D eigenvalue weighted by atomic mass is 32.1. The third kappa shape index (κ3) is 4.90. The van der Waals surface area contributed by atoms with Crippen LogP contribution in [0.25, 0.3) is 0 Å². The van der Waals surface area contributed by atoms with Crippen LogP contribution in [0.4, 0.5) is 5.69 Å². The number of carbonyl (C=O) groups is 1. The fourth-order valence-corrected chi connectivity index (χ4v) is 2.78. The summed E-state index contributed by atoms with van der Waals surface area (Å²) in [6, 6.07) is 12.1. The van der Waals surface area contributed by atoms with Crippen LogP contribution in [0, 0.1) is 0 Å². The molecule has 1 aromatic heterocycles. The van der Waals surface area contributed by atoms with Crippen molar-refractivity contribution in [1.29, 1.82) is 0 Å². The quantitative estimate of drug-likeness (QED) is 0.822. The third-order valence-electron chi connectivity index (χ3n) is 3.39. The van der Waals surface area contributed by atoms with E-state index >= 15 is 0 Å². The first-order valence-corrected chi connectivity index (χ1v) is 8.22. The van der Waals surface area contributed by atoms with E-state index in [1.54, 1.807) is 11.3 Å². The van der Waals surface area contributed by atoms with E-state index in [9.17, 15) is 4.79 Å². The fourth-order valence-electron chi connectivity index (χ4n) is 2.07. The van der Waals surface area contributed by atoms with Crippen LogP contribution in [0.15, 0.2) is 41.8 Å². The Hall–Kier alpha value is -1.81. The molecule has 2 aromatic rings. The molecule has 2 N–H and O–H groups in total. The third-order valence-corrected chi connectivity index (χ3v) is 4.33. The van der Waals surface area contributed by atoms with Crippen LogP contribution >= 0.6 is 11.3 Å². The summed E-state index contributed by atoms with van der Waals surface area (Å²) in [6.45, 7) is 4.69. The predicted molar refractivity (Wildman–Crippen MR) is 89.9 cm³/mol. The van der Waals surface area contributed by atoms with Crippen LogP contribution in [0.2, 0.25) is 0 Å². The molecular formula is C17H22N2OS. The Morgan fingerprint density at radius 3 is 2.62 bits per heavy atom. The van der Waals surface area contributed by atoms with Gasteiger partial charge in [0, 0.05) is 17.1 Å². The van der Waals surface area contributed by atoms with E-state index in [-0.39, 0.29) is 11.9 Å². The van der Waals surface area contributed by atoms with Gasteiger partial charge in [0.15, 0.2) is 0 Å². The van der Waals surface area contributed by atoms with Crippen molar-refractivity contribution < 1.29 is 4.79 Å². The normalized spacial score (nSPS) is 11.9. The first kappa shape index (κ1) is 15.6. The minimum atomic E-state index is -0.235. The average molecular weight is 302 g/mol. The van der Waals surface area contributed by atoms with Gasteiger partial charge in [0.2, 0.25) is 5.91 Å². The standard InChI is InChI=1S/C17H22N2OS/c1-3-14-6-8-15(9-7-14)19-13(2)17(20)18-11-10-16-5-4-12-21-16/h4-9,12-13,19H,3,10-11H2,1-2H3,(H,18,20). The predicted octanol–water partition coefficient (Wildman–Crippen LogP) is 3.47. The maximum atomic E-state index is 12.0. The van der Waals surface area contributed by atoms with Crippen molar-refractivity contribution in [3.8, 4) is 0 Å². The first-order chi connectivity index (χ1) is 10.2. The lowest BCUT2D eigenvalue weighted by Crippen LogP contribution is -2.38. The van der Waals surface area contributed by atoms with E-state index in [0.29, 0.717) is 6.54 Å². The Labute approximate surface area is 130 Å². The van der Waals surface area contributed by atoms with Gasteiger partial charge in [-0.15, -0.1) is 11.3 Å². The molecule has 0 saturated carbocycles. The Balaban J connectivity index is 1.76. The van der Waals surface area contributed by atoms with Gasteiger partial charge in [-0.2, -0.15) is 0 Å². The molecule has 1 atom stereocenters. The maximum Gasteiger partial charge on any atom is 0.242 e. The number of anilines is 1. The van der Waals surface area contributed by atoms with Gasteiger partial charge in [-0.05, 0) is 48.9 Å². The zero-order chi connectivity index (χ0) is 15.1. The van der Waals surface area contributed by atoms with Crippen molar-refractivity contribution in [2.75, 3.05) is 11.9 Å². The zero-order valence-corrected chi connectivity index (χ0v) is 13.4. The lowest BCUT2D eigenvalue weighted by atomic mass is 10.1. The van der Waals surface area contributed by atoms with E-state index < -0.39 is 0 Å². The minimum absolute atomic E-state index is 0.0334. The van der Waals surface area contributed by atoms with E-state index in [0.717, 1.165) is 18.5 Å². The molecule has 0 fully saturated rings. The van der Waals surface area contributed by atoms with Crippen molar-refractivity contribution in [2.45, 2.75) is 32.7 Å². The number of aryl methyl sites for hydroxylation is 1. The molecule has 112 valence electrons. The summed E-state index contributed by atoms with van der Waals surface area (Å²) >= 11 is 1.72. The number of rotatable bonds is 7. The molecule has 0 saturated heterocycles. The van der Waals surface area contributed by atoms with Gasteiger partial charge in [0.05, 0.1) is 0 Å². The summed E-state index contributed by atoms with van der Waals surface area (Å²) in [4.78, 5) is 13.3. The Bertz CT molecular complexity index is 549. The molecule has 0 bridgehead atoms. The second-order valence-electron chi connectivity index (χ2n) is 5.04. The van der Waals surface area contributed by atoms with E-state index in [4.69, 9.17) is 0 Å². The summed E-state index contributed by atoms with van der Waals surface area (Å²) in [5.41, 5.74) is 2.28. The second-order valence-corrected chi connectivity index (χ2v) is 6.07. The molecular weight excluding hydrogens is 280 g/mol. The molecule has 0 spiro atoms. The van der Waals surface area contributed by atoms with Gasteiger partial charge in [-0.3, -0.25) is 4.79 Å². The van der Waals surface area contributed by atoms with Crippen molar-refractivity contribution in [1.82, 2.24) is 5.32 Å². The highest BCUT2D eigenvalue weighted by molar-refractivity contribution is 7.09. The number of carbonyl (C=O) groups excluding carboxylic acids is 1. The summed E-state index contributed by atoms with van der Waals surface area (Å²) in [6.07, 6.45) is 1.92. The van der Waals surface area contributed by atoms with Crippen molar-refractivity contribution in [3.05, 3.63) is 52.2 Å². The topological polar surface area (TPSA) is 41.1 Å². The lowest BCUT2D eigenvalue weighted by molar-refractivity contribution is -0.121. The van der Waals surface area contributed by atoms with Gasteiger partial charge >= 0.3 is 0 Å². The van der Waals surface area contributed by atoms with Crippen molar-refractivity contribution in [3.63, 3.8) is 0 Å². The Morgan fingerprint density at radius 1 is 1.24 bits per heavy atom. The molecule has 1 aromatic carbocycles. The Kier molecular flexibility index (Phi) is 5.81. The van der Waals surface area contributed by atoms with Crippen LogP contribution in [-0.4, -0.2) is 18.5 Å². The number of amides is 1. The lowest BCUT2D eigenvalue weighted by Gasteiger charge is -2.15. The van der Waals surface area contributed by atoms with Crippen LogP contribution < -0.4 is 10.6 Å². The first-order valence-electron chi connectivity index (χ1n) is 7.34. The summed E-state index contributed by atoms with van der Waals surface area (Å²) in [5, 5.41) is 8.25. The average Bonchev–Trinajstić information content (AvgIpc) is 3.01. The van der Waals surface area contributed by atoms with Crippen LogP contribution in [-0.2, 0) is 17.6 Å². The molecule has 3 nitrogen and oxygen atoms in total. The highest BCUT2D eigenvalue weighted by Crippen LogP contribution is 2.11. The summed E-state index contributed by atoms with van der Waals surface area (Å²) < 4.78 is 0. The number of benzene rings is 1. The van der Waals surface area contributed by atoms with Crippen molar-refractivity contribution in [2.24, 2.45) is 0 Å². The number of hydrogen-bond acceptors (Lipinski definition) is 3. The molecule has 4 heteroatoms.